The van der Waals surface area contributed by atoms with Gasteiger partial charge in [0.15, 0.2) is 11.6 Å². The van der Waals surface area contributed by atoms with E-state index in [1.165, 1.54) is 13.3 Å². The summed E-state index contributed by atoms with van der Waals surface area (Å²) in [5.74, 6) is -0.902. The first kappa shape index (κ1) is 22.1. The highest BCUT2D eigenvalue weighted by atomic mass is 19.1. The number of aromatic nitrogens is 3. The molecule has 0 N–H and O–H groups in total. The number of hydrogen-bond donors (Lipinski definition) is 0. The van der Waals surface area contributed by atoms with Crippen LogP contribution in [0.5, 0.6) is 11.6 Å². The van der Waals surface area contributed by atoms with Crippen LogP contribution in [0.15, 0.2) is 18.6 Å². The van der Waals surface area contributed by atoms with E-state index >= 15 is 0 Å². The molecular formula is C21H25F2N5O4. The molecule has 2 aromatic rings. The van der Waals surface area contributed by atoms with Crippen molar-refractivity contribution in [2.24, 2.45) is 5.92 Å². The van der Waals surface area contributed by atoms with Gasteiger partial charge in [-0.15, -0.1) is 0 Å². The third kappa shape index (κ3) is 4.87. The summed E-state index contributed by atoms with van der Waals surface area (Å²) in [6, 6.07) is 0. The maximum atomic E-state index is 13.9. The largest absolute Gasteiger partial charge is 0.488 e. The number of carbonyl (C=O) groups is 1. The Morgan fingerprint density at radius 1 is 1.16 bits per heavy atom. The number of amides is 1. The molecule has 9 nitrogen and oxygen atoms in total. The fourth-order valence-corrected chi connectivity index (χ4v) is 3.87. The number of anilines is 1. The molecule has 4 heterocycles. The van der Waals surface area contributed by atoms with Crippen LogP contribution < -0.4 is 14.4 Å². The highest BCUT2D eigenvalue weighted by Gasteiger charge is 2.31. The van der Waals surface area contributed by atoms with Crippen LogP contribution in [0, 0.1) is 17.6 Å². The molecule has 32 heavy (non-hydrogen) atoms. The van der Waals surface area contributed by atoms with Gasteiger partial charge in [-0.05, 0) is 12.8 Å². The van der Waals surface area contributed by atoms with E-state index in [9.17, 15) is 13.6 Å². The van der Waals surface area contributed by atoms with Crippen LogP contribution in [-0.4, -0.2) is 72.3 Å². The smallest absolute Gasteiger partial charge is 0.255 e. The molecule has 2 aliphatic heterocycles. The van der Waals surface area contributed by atoms with Crippen LogP contribution in [0.3, 0.4) is 0 Å². The number of rotatable bonds is 6. The van der Waals surface area contributed by atoms with E-state index in [0.29, 0.717) is 50.6 Å². The number of ether oxygens (including phenoxy) is 3. The van der Waals surface area contributed by atoms with Gasteiger partial charge in [-0.25, -0.2) is 9.37 Å². The van der Waals surface area contributed by atoms with Gasteiger partial charge in [-0.2, -0.15) is 9.37 Å². The Labute approximate surface area is 184 Å². The molecule has 0 bridgehead atoms. The number of pyridine rings is 1. The second-order valence-corrected chi connectivity index (χ2v) is 7.64. The van der Waals surface area contributed by atoms with E-state index in [0.717, 1.165) is 12.4 Å². The summed E-state index contributed by atoms with van der Waals surface area (Å²) in [5.41, 5.74) is 0.564. The monoisotopic (exact) mass is 449 g/mol. The Hall–Kier alpha value is -3.08. The molecule has 0 spiro atoms. The fraction of sp³-hybridized carbons (Fsp3) is 0.524. The van der Waals surface area contributed by atoms with Gasteiger partial charge < -0.3 is 24.0 Å². The average molecular weight is 449 g/mol. The molecule has 0 radical (unpaired) electrons. The summed E-state index contributed by atoms with van der Waals surface area (Å²) in [7, 11) is 1.53. The first-order valence-electron chi connectivity index (χ1n) is 10.5. The first-order chi connectivity index (χ1) is 15.6. The predicted molar refractivity (Wildman–Crippen MR) is 109 cm³/mol. The Bertz CT molecular complexity index is 956. The standard InChI is InChI=1S/C21H25F2N5O4/c1-30-8-9-32-19-17(23)12-25-21(26-19)27-4-2-14(3-5-27)20(29)28-6-7-31-18-15(13-28)10-24-11-16(18)22/h10-12,14H,2-9,13H2,1H3. The second kappa shape index (κ2) is 10.0. The van der Waals surface area contributed by atoms with Crippen LogP contribution in [-0.2, 0) is 16.1 Å². The highest BCUT2D eigenvalue weighted by molar-refractivity contribution is 5.79. The van der Waals surface area contributed by atoms with Gasteiger partial charge in [0.25, 0.3) is 5.88 Å². The van der Waals surface area contributed by atoms with Gasteiger partial charge in [-0.3, -0.25) is 9.78 Å². The van der Waals surface area contributed by atoms with Crippen LogP contribution >= 0.6 is 0 Å². The highest BCUT2D eigenvalue weighted by Crippen LogP contribution is 2.28. The zero-order valence-electron chi connectivity index (χ0n) is 17.8. The second-order valence-electron chi connectivity index (χ2n) is 7.64. The minimum atomic E-state index is -0.635. The zero-order valence-corrected chi connectivity index (χ0v) is 17.8. The molecule has 172 valence electrons. The summed E-state index contributed by atoms with van der Waals surface area (Å²) in [5, 5.41) is 0. The minimum Gasteiger partial charge on any atom is -0.488 e. The van der Waals surface area contributed by atoms with E-state index in [1.807, 2.05) is 4.90 Å². The molecule has 0 saturated carbocycles. The van der Waals surface area contributed by atoms with E-state index in [-0.39, 0.29) is 43.2 Å². The Morgan fingerprint density at radius 2 is 1.97 bits per heavy atom. The minimum absolute atomic E-state index is 0.00831. The molecule has 1 fully saturated rings. The molecule has 0 unspecified atom stereocenters. The van der Waals surface area contributed by atoms with Gasteiger partial charge in [0.2, 0.25) is 17.7 Å². The molecule has 1 amide bonds. The molecule has 2 aliphatic rings. The number of halogens is 2. The lowest BCUT2D eigenvalue weighted by atomic mass is 9.95. The van der Waals surface area contributed by atoms with E-state index in [4.69, 9.17) is 14.2 Å². The SMILES string of the molecule is COCCOc1nc(N2CCC(C(=O)N3CCOc4c(F)cncc4C3)CC2)ncc1F. The van der Waals surface area contributed by atoms with Crippen molar-refractivity contribution in [2.45, 2.75) is 19.4 Å². The quantitative estimate of drug-likeness (QED) is 0.617. The van der Waals surface area contributed by atoms with Crippen molar-refractivity contribution in [3.05, 3.63) is 35.8 Å². The number of nitrogens with zero attached hydrogens (tertiary/aromatic N) is 5. The van der Waals surface area contributed by atoms with Gasteiger partial charge in [0.05, 0.1) is 32.1 Å². The molecule has 11 heteroatoms. The number of piperidine rings is 1. The van der Waals surface area contributed by atoms with Gasteiger partial charge in [0, 0.05) is 37.9 Å². The number of hydrogen-bond acceptors (Lipinski definition) is 8. The lowest BCUT2D eigenvalue weighted by Gasteiger charge is -2.33. The normalized spacial score (nSPS) is 16.8. The van der Waals surface area contributed by atoms with Crippen molar-refractivity contribution < 1.29 is 27.8 Å². The maximum absolute atomic E-state index is 13.9. The summed E-state index contributed by atoms with van der Waals surface area (Å²) in [4.78, 5) is 28.8. The molecule has 0 aliphatic carbocycles. The van der Waals surface area contributed by atoms with Crippen molar-refractivity contribution in [2.75, 3.05) is 51.5 Å². The van der Waals surface area contributed by atoms with Crippen molar-refractivity contribution in [3.8, 4) is 11.6 Å². The van der Waals surface area contributed by atoms with E-state index < -0.39 is 11.6 Å². The topological polar surface area (TPSA) is 89.9 Å². The van der Waals surface area contributed by atoms with Crippen molar-refractivity contribution in [1.29, 1.82) is 0 Å². The first-order valence-corrected chi connectivity index (χ1v) is 10.5. The van der Waals surface area contributed by atoms with Crippen molar-refractivity contribution in [1.82, 2.24) is 19.9 Å². The maximum Gasteiger partial charge on any atom is 0.255 e. The fourth-order valence-electron chi connectivity index (χ4n) is 3.87. The zero-order chi connectivity index (χ0) is 22.5. The molecule has 0 aromatic carbocycles. The van der Waals surface area contributed by atoms with Crippen LogP contribution in [0.1, 0.15) is 18.4 Å². The lowest BCUT2D eigenvalue weighted by Crippen LogP contribution is -2.43. The molecule has 2 aromatic heterocycles. The molecular weight excluding hydrogens is 424 g/mol. The van der Waals surface area contributed by atoms with E-state index in [2.05, 4.69) is 15.0 Å². The summed E-state index contributed by atoms with van der Waals surface area (Å²) in [6.45, 7) is 2.49. The number of carbonyl (C=O) groups excluding carboxylic acids is 1. The molecule has 1 saturated heterocycles. The summed E-state index contributed by atoms with van der Waals surface area (Å²) in [6.07, 6.45) is 4.93. The number of methoxy groups -OCH3 is 1. The number of fused-ring (bicyclic) bond motifs is 1. The molecule has 0 atom stereocenters. The van der Waals surface area contributed by atoms with Crippen LogP contribution in [0.2, 0.25) is 0 Å². The Balaban J connectivity index is 1.36. The van der Waals surface area contributed by atoms with Crippen molar-refractivity contribution in [3.63, 3.8) is 0 Å². The molecule has 4 rings (SSSR count). The van der Waals surface area contributed by atoms with E-state index in [1.54, 1.807) is 4.90 Å². The Morgan fingerprint density at radius 3 is 2.75 bits per heavy atom. The summed E-state index contributed by atoms with van der Waals surface area (Å²) >= 11 is 0. The van der Waals surface area contributed by atoms with Crippen LogP contribution in [0.25, 0.3) is 0 Å². The van der Waals surface area contributed by atoms with Gasteiger partial charge >= 0.3 is 0 Å². The third-order valence-corrected chi connectivity index (χ3v) is 5.56. The van der Waals surface area contributed by atoms with Crippen molar-refractivity contribution >= 4 is 11.9 Å². The van der Waals surface area contributed by atoms with Gasteiger partial charge in [0.1, 0.15) is 13.2 Å². The van der Waals surface area contributed by atoms with Gasteiger partial charge in [-0.1, -0.05) is 0 Å². The summed E-state index contributed by atoms with van der Waals surface area (Å²) < 4.78 is 43.5. The Kier molecular flexibility index (Phi) is 6.93. The lowest BCUT2D eigenvalue weighted by molar-refractivity contribution is -0.137. The predicted octanol–water partition coefficient (Wildman–Crippen LogP) is 1.81. The van der Waals surface area contributed by atoms with Crippen LogP contribution in [0.4, 0.5) is 14.7 Å². The average Bonchev–Trinajstić information content (AvgIpc) is 3.04. The third-order valence-electron chi connectivity index (χ3n) is 5.56.